The molecule has 1 aromatic carbocycles. The molecule has 0 atom stereocenters. The van der Waals surface area contributed by atoms with Crippen molar-refractivity contribution in [2.24, 2.45) is 11.8 Å². The third-order valence-corrected chi connectivity index (χ3v) is 3.90. The summed E-state index contributed by atoms with van der Waals surface area (Å²) in [6, 6.07) is 7.14. The molecule has 1 aliphatic rings. The number of ether oxygens (including phenoxy) is 2. The van der Waals surface area contributed by atoms with E-state index in [2.05, 4.69) is 11.7 Å². The van der Waals surface area contributed by atoms with Crippen molar-refractivity contribution in [3.8, 4) is 5.75 Å². The predicted molar refractivity (Wildman–Crippen MR) is 74.4 cm³/mol. The maximum atomic E-state index is 11.3. The maximum absolute atomic E-state index is 11.3. The van der Waals surface area contributed by atoms with E-state index in [9.17, 15) is 4.79 Å². The molecule has 1 saturated carbocycles. The lowest BCUT2D eigenvalue weighted by molar-refractivity contribution is 0.0600. The highest BCUT2D eigenvalue weighted by atomic mass is 16.5. The lowest BCUT2D eigenvalue weighted by Crippen LogP contribution is -2.18. The molecular weight excluding hydrogens is 240 g/mol. The summed E-state index contributed by atoms with van der Waals surface area (Å²) in [7, 11) is 1.39. The molecule has 1 fully saturated rings. The minimum absolute atomic E-state index is 0.312. The van der Waals surface area contributed by atoms with E-state index in [0.717, 1.165) is 18.3 Å². The Morgan fingerprint density at radius 2 is 1.79 bits per heavy atom. The van der Waals surface area contributed by atoms with Gasteiger partial charge in [0.05, 0.1) is 19.3 Å². The van der Waals surface area contributed by atoms with E-state index in [1.807, 2.05) is 12.1 Å². The number of methoxy groups -OCH3 is 1. The second-order valence-corrected chi connectivity index (χ2v) is 5.45. The van der Waals surface area contributed by atoms with Crippen molar-refractivity contribution < 1.29 is 14.3 Å². The van der Waals surface area contributed by atoms with Gasteiger partial charge in [0.15, 0.2) is 0 Å². The molecule has 0 heterocycles. The van der Waals surface area contributed by atoms with Crippen LogP contribution in [0.5, 0.6) is 5.75 Å². The highest BCUT2D eigenvalue weighted by Crippen LogP contribution is 2.28. The summed E-state index contributed by atoms with van der Waals surface area (Å²) in [5.74, 6) is 2.06. The SMILES string of the molecule is COC(=O)c1ccc(OCC2CCC(C)CC2)cc1. The van der Waals surface area contributed by atoms with Gasteiger partial charge in [-0.05, 0) is 48.9 Å². The molecule has 3 heteroatoms. The van der Waals surface area contributed by atoms with Crippen molar-refractivity contribution in [1.29, 1.82) is 0 Å². The van der Waals surface area contributed by atoms with E-state index in [1.54, 1.807) is 12.1 Å². The smallest absolute Gasteiger partial charge is 0.337 e. The Hall–Kier alpha value is -1.51. The molecule has 104 valence electrons. The molecule has 0 unspecified atom stereocenters. The van der Waals surface area contributed by atoms with Gasteiger partial charge in [-0.1, -0.05) is 19.8 Å². The first-order valence-corrected chi connectivity index (χ1v) is 7.00. The van der Waals surface area contributed by atoms with Gasteiger partial charge in [0, 0.05) is 0 Å². The summed E-state index contributed by atoms with van der Waals surface area (Å²) in [6.45, 7) is 3.10. The minimum atomic E-state index is -0.312. The molecule has 19 heavy (non-hydrogen) atoms. The second kappa shape index (κ2) is 6.60. The van der Waals surface area contributed by atoms with Crippen molar-refractivity contribution in [2.75, 3.05) is 13.7 Å². The van der Waals surface area contributed by atoms with Crippen LogP contribution >= 0.6 is 0 Å². The number of esters is 1. The molecular formula is C16H22O3. The van der Waals surface area contributed by atoms with Gasteiger partial charge in [-0.15, -0.1) is 0 Å². The lowest BCUT2D eigenvalue weighted by Gasteiger charge is -2.26. The number of hydrogen-bond donors (Lipinski definition) is 0. The van der Waals surface area contributed by atoms with Gasteiger partial charge in [0.1, 0.15) is 5.75 Å². The van der Waals surface area contributed by atoms with Crippen molar-refractivity contribution in [3.63, 3.8) is 0 Å². The van der Waals surface area contributed by atoms with Gasteiger partial charge in [-0.25, -0.2) is 4.79 Å². The Kier molecular flexibility index (Phi) is 4.83. The Morgan fingerprint density at radius 1 is 1.16 bits per heavy atom. The van der Waals surface area contributed by atoms with E-state index in [4.69, 9.17) is 4.74 Å². The molecule has 0 bridgehead atoms. The third kappa shape index (κ3) is 3.98. The highest BCUT2D eigenvalue weighted by Gasteiger charge is 2.18. The number of carbonyl (C=O) groups is 1. The number of rotatable bonds is 4. The fraction of sp³-hybridized carbons (Fsp3) is 0.562. The average Bonchev–Trinajstić information content (AvgIpc) is 2.46. The highest BCUT2D eigenvalue weighted by molar-refractivity contribution is 5.89. The van der Waals surface area contributed by atoms with Crippen molar-refractivity contribution in [3.05, 3.63) is 29.8 Å². The van der Waals surface area contributed by atoms with E-state index >= 15 is 0 Å². The molecule has 1 aromatic rings. The van der Waals surface area contributed by atoms with Gasteiger partial charge in [-0.3, -0.25) is 0 Å². The maximum Gasteiger partial charge on any atom is 0.337 e. The van der Waals surface area contributed by atoms with Crippen LogP contribution < -0.4 is 4.74 Å². The Bertz CT molecular complexity index is 403. The first kappa shape index (κ1) is 13.9. The fourth-order valence-corrected chi connectivity index (χ4v) is 2.51. The number of carbonyl (C=O) groups excluding carboxylic acids is 1. The Balaban J connectivity index is 1.81. The summed E-state index contributed by atoms with van der Waals surface area (Å²) in [5.41, 5.74) is 0.557. The zero-order valence-electron chi connectivity index (χ0n) is 11.7. The number of hydrogen-bond acceptors (Lipinski definition) is 3. The van der Waals surface area contributed by atoms with Gasteiger partial charge in [0.25, 0.3) is 0 Å². The predicted octanol–water partition coefficient (Wildman–Crippen LogP) is 3.68. The summed E-state index contributed by atoms with van der Waals surface area (Å²) in [5, 5.41) is 0. The monoisotopic (exact) mass is 262 g/mol. The molecule has 0 amide bonds. The number of benzene rings is 1. The van der Waals surface area contributed by atoms with Crippen LogP contribution in [0.25, 0.3) is 0 Å². The molecule has 0 saturated heterocycles. The molecule has 3 nitrogen and oxygen atoms in total. The van der Waals surface area contributed by atoms with Crippen molar-refractivity contribution in [2.45, 2.75) is 32.6 Å². The van der Waals surface area contributed by atoms with E-state index in [1.165, 1.54) is 32.8 Å². The third-order valence-electron chi connectivity index (χ3n) is 3.90. The van der Waals surface area contributed by atoms with Crippen molar-refractivity contribution in [1.82, 2.24) is 0 Å². The topological polar surface area (TPSA) is 35.5 Å². The summed E-state index contributed by atoms with van der Waals surface area (Å²) >= 11 is 0. The zero-order valence-corrected chi connectivity index (χ0v) is 11.7. The van der Waals surface area contributed by atoms with Crippen LogP contribution in [0.3, 0.4) is 0 Å². The first-order chi connectivity index (χ1) is 9.19. The van der Waals surface area contributed by atoms with Crippen LogP contribution in [0.15, 0.2) is 24.3 Å². The second-order valence-electron chi connectivity index (χ2n) is 5.45. The van der Waals surface area contributed by atoms with Crippen molar-refractivity contribution >= 4 is 5.97 Å². The van der Waals surface area contributed by atoms with E-state index in [0.29, 0.717) is 11.5 Å². The van der Waals surface area contributed by atoms with Crippen LogP contribution in [-0.2, 0) is 4.74 Å². The molecule has 0 aliphatic heterocycles. The Labute approximate surface area is 114 Å². The quantitative estimate of drug-likeness (QED) is 0.776. The Morgan fingerprint density at radius 3 is 2.37 bits per heavy atom. The van der Waals surface area contributed by atoms with Gasteiger partial charge < -0.3 is 9.47 Å². The molecule has 1 aliphatic carbocycles. The summed E-state index contributed by atoms with van der Waals surface area (Å²) in [4.78, 5) is 11.3. The van der Waals surface area contributed by atoms with Crippen LogP contribution in [0.2, 0.25) is 0 Å². The molecule has 0 aromatic heterocycles. The minimum Gasteiger partial charge on any atom is -0.493 e. The summed E-state index contributed by atoms with van der Waals surface area (Å²) < 4.78 is 10.5. The van der Waals surface area contributed by atoms with Gasteiger partial charge >= 0.3 is 5.97 Å². The van der Waals surface area contributed by atoms with Crippen LogP contribution in [0.1, 0.15) is 43.0 Å². The zero-order chi connectivity index (χ0) is 13.7. The lowest BCUT2D eigenvalue weighted by atomic mass is 9.83. The van der Waals surface area contributed by atoms with Gasteiger partial charge in [0.2, 0.25) is 0 Å². The molecule has 2 rings (SSSR count). The summed E-state index contributed by atoms with van der Waals surface area (Å²) in [6.07, 6.45) is 5.16. The van der Waals surface area contributed by atoms with Crippen LogP contribution in [-0.4, -0.2) is 19.7 Å². The van der Waals surface area contributed by atoms with Gasteiger partial charge in [-0.2, -0.15) is 0 Å². The fourth-order valence-electron chi connectivity index (χ4n) is 2.51. The van der Waals surface area contributed by atoms with E-state index < -0.39 is 0 Å². The normalized spacial score (nSPS) is 22.8. The standard InChI is InChI=1S/C16H22O3/c1-12-3-5-13(6-4-12)11-19-15-9-7-14(8-10-15)16(17)18-2/h7-10,12-13H,3-6,11H2,1-2H3. The molecule has 0 N–H and O–H groups in total. The van der Waals surface area contributed by atoms with Crippen LogP contribution in [0, 0.1) is 11.8 Å². The first-order valence-electron chi connectivity index (χ1n) is 7.00. The average molecular weight is 262 g/mol. The van der Waals surface area contributed by atoms with E-state index in [-0.39, 0.29) is 5.97 Å². The molecule has 0 radical (unpaired) electrons. The largest absolute Gasteiger partial charge is 0.493 e. The molecule has 0 spiro atoms. The van der Waals surface area contributed by atoms with Crippen LogP contribution in [0.4, 0.5) is 0 Å².